The van der Waals surface area contributed by atoms with Gasteiger partial charge in [0.15, 0.2) is 0 Å². The summed E-state index contributed by atoms with van der Waals surface area (Å²) in [4.78, 5) is 0. The fourth-order valence-electron chi connectivity index (χ4n) is 1.77. The van der Waals surface area contributed by atoms with Crippen LogP contribution in [0.2, 0.25) is 20.1 Å². The summed E-state index contributed by atoms with van der Waals surface area (Å²) in [5.74, 6) is 0. The molecule has 0 aromatic heterocycles. The first-order chi connectivity index (χ1) is 8.97. The molecule has 19 heavy (non-hydrogen) atoms. The standard InChI is InChI=1S/C14H11Cl4N/c1-8(11-4-2-9(15)6-13(11)18)19-14-7-10(16)3-5-12(14)17/h2-8,19H,1H3. The van der Waals surface area contributed by atoms with Crippen LogP contribution in [0.1, 0.15) is 18.5 Å². The van der Waals surface area contributed by atoms with Gasteiger partial charge >= 0.3 is 0 Å². The molecule has 0 fully saturated rings. The van der Waals surface area contributed by atoms with Crippen molar-refractivity contribution in [2.24, 2.45) is 0 Å². The number of hydrogen-bond donors (Lipinski definition) is 1. The maximum absolute atomic E-state index is 6.18. The highest BCUT2D eigenvalue weighted by Gasteiger charge is 2.11. The highest BCUT2D eigenvalue weighted by Crippen LogP contribution is 2.32. The van der Waals surface area contributed by atoms with Crippen molar-refractivity contribution in [1.29, 1.82) is 0 Å². The molecule has 0 amide bonds. The molecule has 0 heterocycles. The molecule has 0 aliphatic carbocycles. The van der Waals surface area contributed by atoms with Gasteiger partial charge in [0.2, 0.25) is 0 Å². The number of halogens is 4. The minimum Gasteiger partial charge on any atom is -0.377 e. The van der Waals surface area contributed by atoms with Gasteiger partial charge in [-0.2, -0.15) is 0 Å². The summed E-state index contributed by atoms with van der Waals surface area (Å²) in [5, 5.41) is 5.75. The van der Waals surface area contributed by atoms with Gasteiger partial charge in [-0.3, -0.25) is 0 Å². The Labute approximate surface area is 132 Å². The molecule has 2 aromatic carbocycles. The van der Waals surface area contributed by atoms with Gasteiger partial charge < -0.3 is 5.32 Å². The zero-order valence-electron chi connectivity index (χ0n) is 10.1. The lowest BCUT2D eigenvalue weighted by molar-refractivity contribution is 0.885. The van der Waals surface area contributed by atoms with Crippen molar-refractivity contribution in [2.75, 3.05) is 5.32 Å². The van der Waals surface area contributed by atoms with Crippen LogP contribution in [0.3, 0.4) is 0 Å². The molecule has 1 atom stereocenters. The second kappa shape index (κ2) is 6.23. The van der Waals surface area contributed by atoms with E-state index in [1.165, 1.54) is 0 Å². The molecule has 5 heteroatoms. The van der Waals surface area contributed by atoms with Crippen LogP contribution in [-0.2, 0) is 0 Å². The summed E-state index contributed by atoms with van der Waals surface area (Å²) in [6.07, 6.45) is 0. The lowest BCUT2D eigenvalue weighted by Crippen LogP contribution is -2.07. The molecular weight excluding hydrogens is 324 g/mol. The van der Waals surface area contributed by atoms with E-state index in [0.29, 0.717) is 20.1 Å². The van der Waals surface area contributed by atoms with Crippen LogP contribution in [0, 0.1) is 0 Å². The first-order valence-corrected chi connectivity index (χ1v) is 7.15. The van der Waals surface area contributed by atoms with E-state index in [9.17, 15) is 0 Å². The molecule has 1 unspecified atom stereocenters. The van der Waals surface area contributed by atoms with Gasteiger partial charge in [-0.05, 0) is 42.8 Å². The van der Waals surface area contributed by atoms with Crippen molar-refractivity contribution in [3.8, 4) is 0 Å². The third kappa shape index (κ3) is 3.70. The van der Waals surface area contributed by atoms with E-state index >= 15 is 0 Å². The predicted octanol–water partition coefficient (Wildman–Crippen LogP) is 6.47. The Kier molecular flexibility index (Phi) is 4.86. The second-order valence-electron chi connectivity index (χ2n) is 4.16. The Morgan fingerprint density at radius 1 is 0.842 bits per heavy atom. The summed E-state index contributed by atoms with van der Waals surface area (Å²) in [6.45, 7) is 1.99. The number of benzene rings is 2. The van der Waals surface area contributed by atoms with Gasteiger partial charge in [-0.1, -0.05) is 52.5 Å². The Bertz CT molecular complexity index is 598. The Balaban J connectivity index is 2.25. The zero-order chi connectivity index (χ0) is 14.0. The number of nitrogens with one attached hydrogen (secondary N) is 1. The van der Waals surface area contributed by atoms with Crippen LogP contribution in [0.5, 0.6) is 0 Å². The molecule has 0 radical (unpaired) electrons. The Hall–Kier alpha value is -0.600. The molecule has 0 aliphatic heterocycles. The van der Waals surface area contributed by atoms with Crippen molar-refractivity contribution in [2.45, 2.75) is 13.0 Å². The van der Waals surface area contributed by atoms with Gasteiger partial charge in [-0.15, -0.1) is 0 Å². The van der Waals surface area contributed by atoms with Gasteiger partial charge in [0.1, 0.15) is 0 Å². The van der Waals surface area contributed by atoms with Crippen molar-refractivity contribution < 1.29 is 0 Å². The van der Waals surface area contributed by atoms with E-state index in [4.69, 9.17) is 46.4 Å². The van der Waals surface area contributed by atoms with E-state index < -0.39 is 0 Å². The minimum absolute atomic E-state index is 0.0132. The summed E-state index contributed by atoms with van der Waals surface area (Å²) < 4.78 is 0. The monoisotopic (exact) mass is 333 g/mol. The van der Waals surface area contributed by atoms with Crippen molar-refractivity contribution in [3.63, 3.8) is 0 Å². The van der Waals surface area contributed by atoms with E-state index in [1.54, 1.807) is 30.3 Å². The predicted molar refractivity (Wildman–Crippen MR) is 85.0 cm³/mol. The molecule has 2 rings (SSSR count). The van der Waals surface area contributed by atoms with Gasteiger partial charge in [-0.25, -0.2) is 0 Å². The topological polar surface area (TPSA) is 12.0 Å². The third-order valence-corrected chi connectivity index (χ3v) is 3.86. The first kappa shape index (κ1) is 14.8. The molecule has 1 N–H and O–H groups in total. The van der Waals surface area contributed by atoms with Gasteiger partial charge in [0, 0.05) is 15.1 Å². The molecule has 0 bridgehead atoms. The fraction of sp³-hybridized carbons (Fsp3) is 0.143. The van der Waals surface area contributed by atoms with E-state index in [1.807, 2.05) is 13.0 Å². The largest absolute Gasteiger partial charge is 0.377 e. The first-order valence-electron chi connectivity index (χ1n) is 5.64. The molecule has 0 aliphatic rings. The smallest absolute Gasteiger partial charge is 0.0638 e. The number of hydrogen-bond acceptors (Lipinski definition) is 1. The zero-order valence-corrected chi connectivity index (χ0v) is 13.1. The van der Waals surface area contributed by atoms with E-state index in [2.05, 4.69) is 5.32 Å². The van der Waals surface area contributed by atoms with Crippen molar-refractivity contribution >= 4 is 52.1 Å². The van der Waals surface area contributed by atoms with E-state index in [0.717, 1.165) is 11.3 Å². The molecule has 0 saturated carbocycles. The molecule has 1 nitrogen and oxygen atoms in total. The molecule has 2 aromatic rings. The van der Waals surface area contributed by atoms with Gasteiger partial charge in [0.05, 0.1) is 16.8 Å². The van der Waals surface area contributed by atoms with Crippen LogP contribution in [0.15, 0.2) is 36.4 Å². The number of rotatable bonds is 3. The Morgan fingerprint density at radius 3 is 2.16 bits per heavy atom. The second-order valence-corrected chi connectivity index (χ2v) is 5.84. The maximum atomic E-state index is 6.18. The average Bonchev–Trinajstić information content (AvgIpc) is 2.33. The number of anilines is 1. The summed E-state index contributed by atoms with van der Waals surface area (Å²) in [5.41, 5.74) is 1.72. The average molecular weight is 335 g/mol. The normalized spacial score (nSPS) is 12.3. The maximum Gasteiger partial charge on any atom is 0.0638 e. The molecular formula is C14H11Cl4N. The third-order valence-electron chi connectivity index (χ3n) is 2.73. The molecule has 0 saturated heterocycles. The lowest BCUT2D eigenvalue weighted by atomic mass is 10.1. The highest BCUT2D eigenvalue weighted by atomic mass is 35.5. The van der Waals surface area contributed by atoms with Crippen LogP contribution < -0.4 is 5.32 Å². The van der Waals surface area contributed by atoms with Crippen LogP contribution in [0.4, 0.5) is 5.69 Å². The fourth-order valence-corrected chi connectivity index (χ4v) is 2.69. The van der Waals surface area contributed by atoms with Crippen LogP contribution in [0.25, 0.3) is 0 Å². The Morgan fingerprint density at radius 2 is 1.47 bits per heavy atom. The van der Waals surface area contributed by atoms with Gasteiger partial charge in [0.25, 0.3) is 0 Å². The minimum atomic E-state index is -0.0132. The van der Waals surface area contributed by atoms with Crippen molar-refractivity contribution in [1.82, 2.24) is 0 Å². The van der Waals surface area contributed by atoms with Crippen LogP contribution in [-0.4, -0.2) is 0 Å². The summed E-state index contributed by atoms with van der Waals surface area (Å²) in [7, 11) is 0. The van der Waals surface area contributed by atoms with Crippen LogP contribution >= 0.6 is 46.4 Å². The lowest BCUT2D eigenvalue weighted by Gasteiger charge is -2.18. The summed E-state index contributed by atoms with van der Waals surface area (Å²) in [6, 6.07) is 10.7. The molecule has 0 spiro atoms. The van der Waals surface area contributed by atoms with E-state index in [-0.39, 0.29) is 6.04 Å². The highest BCUT2D eigenvalue weighted by molar-refractivity contribution is 6.36. The SMILES string of the molecule is CC(Nc1cc(Cl)ccc1Cl)c1ccc(Cl)cc1Cl. The van der Waals surface area contributed by atoms with Crippen molar-refractivity contribution in [3.05, 3.63) is 62.1 Å². The molecule has 100 valence electrons. The quantitative estimate of drug-likeness (QED) is 0.677. The summed E-state index contributed by atoms with van der Waals surface area (Å²) >= 11 is 24.1.